The highest BCUT2D eigenvalue weighted by molar-refractivity contribution is 6.32. The van der Waals surface area contributed by atoms with Crippen molar-refractivity contribution >= 4 is 11.6 Å². The monoisotopic (exact) mass is 283 g/mol. The van der Waals surface area contributed by atoms with Crippen molar-refractivity contribution in [2.24, 2.45) is 0 Å². The third-order valence-corrected chi connectivity index (χ3v) is 4.05. The van der Waals surface area contributed by atoms with E-state index in [1.165, 1.54) is 18.9 Å². The Morgan fingerprint density at radius 1 is 1.26 bits per heavy atom. The molecule has 1 aromatic carbocycles. The van der Waals surface area contributed by atoms with Gasteiger partial charge in [0.05, 0.1) is 11.1 Å². The van der Waals surface area contributed by atoms with Crippen molar-refractivity contribution in [2.45, 2.75) is 50.7 Å². The summed E-state index contributed by atoms with van der Waals surface area (Å²) in [4.78, 5) is 0. The molecule has 1 saturated carbocycles. The predicted octanol–water partition coefficient (Wildman–Crippen LogP) is 3.70. The first-order valence-corrected chi connectivity index (χ1v) is 7.48. The van der Waals surface area contributed by atoms with Gasteiger partial charge in [-0.25, -0.2) is 4.39 Å². The zero-order valence-corrected chi connectivity index (χ0v) is 11.7. The number of rotatable bonds is 4. The van der Waals surface area contributed by atoms with Crippen LogP contribution in [0.15, 0.2) is 12.1 Å². The van der Waals surface area contributed by atoms with Gasteiger partial charge in [0.25, 0.3) is 0 Å². The number of piperidine rings is 1. The van der Waals surface area contributed by atoms with E-state index in [9.17, 15) is 4.39 Å². The lowest BCUT2D eigenvalue weighted by Gasteiger charge is -2.24. The van der Waals surface area contributed by atoms with Crippen molar-refractivity contribution in [3.8, 4) is 5.75 Å². The van der Waals surface area contributed by atoms with Crippen LogP contribution in [-0.4, -0.2) is 18.7 Å². The van der Waals surface area contributed by atoms with Gasteiger partial charge in [-0.05, 0) is 50.8 Å². The van der Waals surface area contributed by atoms with Crippen molar-refractivity contribution in [1.82, 2.24) is 5.32 Å². The highest BCUT2D eigenvalue weighted by atomic mass is 35.5. The summed E-state index contributed by atoms with van der Waals surface area (Å²) in [6, 6.07) is 3.32. The summed E-state index contributed by atoms with van der Waals surface area (Å²) in [6.07, 6.45) is 6.83. The fraction of sp³-hybridized carbons (Fsp3) is 0.600. The van der Waals surface area contributed by atoms with Crippen LogP contribution >= 0.6 is 11.6 Å². The molecule has 1 aromatic rings. The van der Waals surface area contributed by atoms with E-state index in [-0.39, 0.29) is 11.9 Å². The van der Waals surface area contributed by atoms with Gasteiger partial charge in [-0.2, -0.15) is 0 Å². The van der Waals surface area contributed by atoms with Crippen LogP contribution < -0.4 is 10.1 Å². The molecule has 1 atom stereocenters. The Labute approximate surface area is 118 Å². The van der Waals surface area contributed by atoms with Gasteiger partial charge in [0.2, 0.25) is 0 Å². The number of hydrogen-bond acceptors (Lipinski definition) is 2. The van der Waals surface area contributed by atoms with Crippen LogP contribution in [-0.2, 0) is 6.42 Å². The minimum atomic E-state index is -0.279. The summed E-state index contributed by atoms with van der Waals surface area (Å²) < 4.78 is 19.4. The lowest BCUT2D eigenvalue weighted by molar-refractivity contribution is 0.296. The molecule has 0 amide bonds. The molecular weight excluding hydrogens is 265 g/mol. The number of halogens is 2. The molecule has 4 heteroatoms. The van der Waals surface area contributed by atoms with Gasteiger partial charge < -0.3 is 10.1 Å². The van der Waals surface area contributed by atoms with E-state index >= 15 is 0 Å². The fourth-order valence-electron chi connectivity index (χ4n) is 2.61. The third kappa shape index (κ3) is 3.40. The van der Waals surface area contributed by atoms with E-state index < -0.39 is 0 Å². The molecule has 0 bridgehead atoms. The Balaban J connectivity index is 1.80. The molecule has 1 saturated heterocycles. The summed E-state index contributed by atoms with van der Waals surface area (Å²) in [7, 11) is 0. The van der Waals surface area contributed by atoms with E-state index in [1.54, 1.807) is 6.07 Å². The second kappa shape index (κ2) is 5.68. The van der Waals surface area contributed by atoms with Gasteiger partial charge in [0.1, 0.15) is 11.6 Å². The van der Waals surface area contributed by atoms with Crippen molar-refractivity contribution in [1.29, 1.82) is 0 Å². The van der Waals surface area contributed by atoms with Crippen molar-refractivity contribution in [3.05, 3.63) is 28.5 Å². The molecule has 0 aromatic heterocycles. The molecule has 1 unspecified atom stereocenters. The molecule has 1 heterocycles. The van der Waals surface area contributed by atoms with Gasteiger partial charge in [-0.15, -0.1) is 0 Å². The van der Waals surface area contributed by atoms with Crippen LogP contribution in [0.5, 0.6) is 5.75 Å². The minimum absolute atomic E-state index is 0.279. The van der Waals surface area contributed by atoms with E-state index in [0.29, 0.717) is 16.8 Å². The SMILES string of the molecule is Fc1cc(Cl)c(OC2CC2)c(CC2CCCCN2)c1. The van der Waals surface area contributed by atoms with Crippen LogP contribution in [0.3, 0.4) is 0 Å². The van der Waals surface area contributed by atoms with Crippen molar-refractivity contribution in [2.75, 3.05) is 6.54 Å². The molecule has 2 aliphatic rings. The lowest BCUT2D eigenvalue weighted by Crippen LogP contribution is -2.35. The number of benzene rings is 1. The van der Waals surface area contributed by atoms with Crippen LogP contribution in [0, 0.1) is 5.82 Å². The predicted molar refractivity (Wildman–Crippen MR) is 74.4 cm³/mol. The third-order valence-electron chi connectivity index (χ3n) is 3.77. The second-order valence-corrected chi connectivity index (χ2v) is 5.95. The molecule has 1 aliphatic carbocycles. The highest BCUT2D eigenvalue weighted by Gasteiger charge is 2.27. The van der Waals surface area contributed by atoms with Gasteiger partial charge in [-0.1, -0.05) is 18.0 Å². The lowest BCUT2D eigenvalue weighted by atomic mass is 9.97. The van der Waals surface area contributed by atoms with Crippen LogP contribution in [0.2, 0.25) is 5.02 Å². The van der Waals surface area contributed by atoms with E-state index in [0.717, 1.165) is 37.8 Å². The largest absolute Gasteiger partial charge is 0.489 e. The molecule has 1 aliphatic heterocycles. The average Bonchev–Trinajstić information content (AvgIpc) is 3.19. The fourth-order valence-corrected chi connectivity index (χ4v) is 2.88. The zero-order valence-electron chi connectivity index (χ0n) is 10.9. The summed E-state index contributed by atoms with van der Waals surface area (Å²) in [5, 5.41) is 3.88. The standard InChI is InChI=1S/C15H19ClFNO/c16-14-9-11(17)7-10(15(14)19-13-4-5-13)8-12-3-1-2-6-18-12/h7,9,12-13,18H,1-6,8H2. The maximum atomic E-state index is 13.6. The van der Waals surface area contributed by atoms with Crippen LogP contribution in [0.1, 0.15) is 37.7 Å². The Morgan fingerprint density at radius 3 is 2.79 bits per heavy atom. The van der Waals surface area contributed by atoms with Crippen molar-refractivity contribution in [3.63, 3.8) is 0 Å². The summed E-state index contributed by atoms with van der Waals surface area (Å²) >= 11 is 6.14. The maximum absolute atomic E-state index is 13.6. The Bertz CT molecular complexity index is 456. The molecule has 3 rings (SSSR count). The van der Waals surface area contributed by atoms with Gasteiger partial charge in [-0.3, -0.25) is 0 Å². The quantitative estimate of drug-likeness (QED) is 0.910. The first-order chi connectivity index (χ1) is 9.22. The number of nitrogens with one attached hydrogen (secondary N) is 1. The summed E-state index contributed by atoms with van der Waals surface area (Å²) in [5.41, 5.74) is 0.899. The average molecular weight is 284 g/mol. The molecule has 19 heavy (non-hydrogen) atoms. The Hall–Kier alpha value is -0.800. The smallest absolute Gasteiger partial charge is 0.141 e. The van der Waals surface area contributed by atoms with E-state index in [2.05, 4.69) is 5.32 Å². The minimum Gasteiger partial charge on any atom is -0.489 e. The van der Waals surface area contributed by atoms with Gasteiger partial charge in [0, 0.05) is 11.6 Å². The normalized spacial score (nSPS) is 23.4. The van der Waals surface area contributed by atoms with Crippen LogP contribution in [0.4, 0.5) is 4.39 Å². The maximum Gasteiger partial charge on any atom is 0.141 e. The van der Waals surface area contributed by atoms with Crippen LogP contribution in [0.25, 0.3) is 0 Å². The first kappa shape index (κ1) is 13.2. The Kier molecular flexibility index (Phi) is 3.94. The molecular formula is C15H19ClFNO. The highest BCUT2D eigenvalue weighted by Crippen LogP contribution is 2.36. The molecule has 104 valence electrons. The molecule has 2 nitrogen and oxygen atoms in total. The second-order valence-electron chi connectivity index (χ2n) is 5.54. The Morgan fingerprint density at radius 2 is 2.11 bits per heavy atom. The number of hydrogen-bond donors (Lipinski definition) is 1. The topological polar surface area (TPSA) is 21.3 Å². The zero-order chi connectivity index (χ0) is 13.2. The summed E-state index contributed by atoms with van der Waals surface area (Å²) in [5.74, 6) is 0.414. The van der Waals surface area contributed by atoms with E-state index in [1.807, 2.05) is 0 Å². The molecule has 0 radical (unpaired) electrons. The molecule has 1 N–H and O–H groups in total. The van der Waals surface area contributed by atoms with E-state index in [4.69, 9.17) is 16.3 Å². The van der Waals surface area contributed by atoms with Gasteiger partial charge in [0.15, 0.2) is 0 Å². The molecule has 0 spiro atoms. The van der Waals surface area contributed by atoms with Gasteiger partial charge >= 0.3 is 0 Å². The first-order valence-electron chi connectivity index (χ1n) is 7.10. The summed E-state index contributed by atoms with van der Waals surface area (Å²) in [6.45, 7) is 1.05. The van der Waals surface area contributed by atoms with Crippen molar-refractivity contribution < 1.29 is 9.13 Å². The number of ether oxygens (including phenoxy) is 1. The molecule has 2 fully saturated rings.